The molecule has 0 aromatic rings. The van der Waals surface area contributed by atoms with Crippen molar-refractivity contribution in [3.05, 3.63) is 11.6 Å². The van der Waals surface area contributed by atoms with E-state index in [2.05, 4.69) is 0 Å². The van der Waals surface area contributed by atoms with Crippen molar-refractivity contribution in [1.29, 1.82) is 0 Å². The van der Waals surface area contributed by atoms with Crippen LogP contribution in [-0.4, -0.2) is 18.5 Å². The monoisotopic (exact) mass is 176 g/mol. The van der Waals surface area contributed by atoms with E-state index in [4.69, 9.17) is 21.1 Å². The second-order valence-electron chi connectivity index (χ2n) is 3.05. The number of halogens is 1. The first-order valence-electron chi connectivity index (χ1n) is 3.71. The molecule has 0 amide bonds. The number of ether oxygens (including phenoxy) is 2. The zero-order chi connectivity index (χ0) is 8.32. The summed E-state index contributed by atoms with van der Waals surface area (Å²) in [7, 11) is 0. The van der Waals surface area contributed by atoms with Crippen LogP contribution in [0, 0.1) is 0 Å². The highest BCUT2D eigenvalue weighted by atomic mass is 35.5. The van der Waals surface area contributed by atoms with Crippen molar-refractivity contribution < 1.29 is 9.47 Å². The van der Waals surface area contributed by atoms with Crippen molar-refractivity contribution in [2.75, 3.05) is 6.61 Å². The molecule has 1 atom stereocenters. The molecule has 11 heavy (non-hydrogen) atoms. The molecule has 1 aliphatic rings. The van der Waals surface area contributed by atoms with E-state index in [1.807, 2.05) is 19.9 Å². The van der Waals surface area contributed by atoms with Crippen molar-refractivity contribution in [3.63, 3.8) is 0 Å². The third kappa shape index (κ3) is 2.81. The Morgan fingerprint density at radius 3 is 2.82 bits per heavy atom. The van der Waals surface area contributed by atoms with E-state index in [1.165, 1.54) is 5.54 Å². The molecule has 0 spiro atoms. The first kappa shape index (κ1) is 9.04. The molecule has 0 aromatic carbocycles. The first-order chi connectivity index (χ1) is 5.14. The Morgan fingerprint density at radius 2 is 2.36 bits per heavy atom. The first-order valence-corrected chi connectivity index (χ1v) is 4.15. The van der Waals surface area contributed by atoms with Gasteiger partial charge in [0.05, 0.1) is 12.7 Å². The minimum absolute atomic E-state index is 0.167. The number of rotatable bonds is 2. The fraction of sp³-hybridized carbons (Fsp3) is 0.750. The van der Waals surface area contributed by atoms with Gasteiger partial charge in [0.15, 0.2) is 5.79 Å². The maximum Gasteiger partial charge on any atom is 0.163 e. The second kappa shape index (κ2) is 3.57. The molecule has 0 unspecified atom stereocenters. The third-order valence-electron chi connectivity index (χ3n) is 1.56. The van der Waals surface area contributed by atoms with Crippen LogP contribution in [0.2, 0.25) is 0 Å². The highest BCUT2D eigenvalue weighted by Crippen LogP contribution is 2.24. The Labute approximate surface area is 72.1 Å². The number of hydrogen-bond acceptors (Lipinski definition) is 2. The molecule has 0 aromatic heterocycles. The largest absolute Gasteiger partial charge is 0.348 e. The van der Waals surface area contributed by atoms with E-state index in [0.29, 0.717) is 6.61 Å². The summed E-state index contributed by atoms with van der Waals surface area (Å²) >= 11 is 5.37. The SMILES string of the molecule is CC1(C)OC[C@H](C/C=C/Cl)O1. The molecule has 0 radical (unpaired) electrons. The quantitative estimate of drug-likeness (QED) is 0.643. The van der Waals surface area contributed by atoms with Gasteiger partial charge in [-0.15, -0.1) is 0 Å². The van der Waals surface area contributed by atoms with Crippen LogP contribution in [0.1, 0.15) is 20.3 Å². The maximum absolute atomic E-state index is 5.52. The molecule has 64 valence electrons. The molecular weight excluding hydrogens is 164 g/mol. The van der Waals surface area contributed by atoms with E-state index >= 15 is 0 Å². The zero-order valence-corrected chi connectivity index (χ0v) is 7.60. The summed E-state index contributed by atoms with van der Waals surface area (Å²) < 4.78 is 10.9. The average Bonchev–Trinajstić information content (AvgIpc) is 2.26. The number of hydrogen-bond donors (Lipinski definition) is 0. The van der Waals surface area contributed by atoms with Crippen molar-refractivity contribution in [2.45, 2.75) is 32.2 Å². The molecule has 1 fully saturated rings. The molecular formula is C8H13ClO2. The van der Waals surface area contributed by atoms with Crippen LogP contribution in [0.15, 0.2) is 11.6 Å². The molecule has 0 saturated carbocycles. The molecule has 2 nitrogen and oxygen atoms in total. The van der Waals surface area contributed by atoms with Gasteiger partial charge in [-0.25, -0.2) is 0 Å². The van der Waals surface area contributed by atoms with Crippen molar-refractivity contribution in [1.82, 2.24) is 0 Å². The summed E-state index contributed by atoms with van der Waals surface area (Å²) in [6.45, 7) is 4.49. The van der Waals surface area contributed by atoms with Crippen LogP contribution < -0.4 is 0 Å². The Hall–Kier alpha value is -0.0500. The second-order valence-corrected chi connectivity index (χ2v) is 3.30. The molecule has 3 heteroatoms. The standard InChI is InChI=1S/C8H13ClO2/c1-8(2)10-6-7(11-8)4-3-5-9/h3,5,7H,4,6H2,1-2H3/b5-3+/t7-/m0/s1. The van der Waals surface area contributed by atoms with Crippen LogP contribution >= 0.6 is 11.6 Å². The van der Waals surface area contributed by atoms with E-state index < -0.39 is 5.79 Å². The fourth-order valence-electron chi connectivity index (χ4n) is 1.08. The highest BCUT2D eigenvalue weighted by Gasteiger charge is 2.31. The van der Waals surface area contributed by atoms with Gasteiger partial charge >= 0.3 is 0 Å². The molecule has 1 heterocycles. The van der Waals surface area contributed by atoms with Gasteiger partial charge in [0.1, 0.15) is 0 Å². The summed E-state index contributed by atoms with van der Waals surface area (Å²) in [5.74, 6) is -0.412. The minimum atomic E-state index is -0.412. The van der Waals surface area contributed by atoms with Crippen molar-refractivity contribution >= 4 is 11.6 Å². The van der Waals surface area contributed by atoms with E-state index in [-0.39, 0.29) is 6.10 Å². The van der Waals surface area contributed by atoms with Gasteiger partial charge in [0.25, 0.3) is 0 Å². The maximum atomic E-state index is 5.52. The average molecular weight is 177 g/mol. The molecule has 1 aliphatic heterocycles. The lowest BCUT2D eigenvalue weighted by molar-refractivity contribution is -0.137. The summed E-state index contributed by atoms with van der Waals surface area (Å²) in [5.41, 5.74) is 1.51. The topological polar surface area (TPSA) is 18.5 Å². The minimum Gasteiger partial charge on any atom is -0.348 e. The Balaban J connectivity index is 2.30. The fourth-order valence-corrected chi connectivity index (χ4v) is 1.19. The van der Waals surface area contributed by atoms with E-state index in [1.54, 1.807) is 0 Å². The Bertz CT molecular complexity index is 154. The van der Waals surface area contributed by atoms with E-state index in [0.717, 1.165) is 6.42 Å². The third-order valence-corrected chi connectivity index (χ3v) is 1.73. The van der Waals surface area contributed by atoms with Gasteiger partial charge in [0.2, 0.25) is 0 Å². The summed E-state index contributed by atoms with van der Waals surface area (Å²) in [6, 6.07) is 0. The lowest BCUT2D eigenvalue weighted by atomic mass is 10.3. The van der Waals surface area contributed by atoms with Gasteiger partial charge in [-0.1, -0.05) is 17.7 Å². The Kier molecular flexibility index (Phi) is 2.93. The zero-order valence-electron chi connectivity index (χ0n) is 6.84. The lowest BCUT2D eigenvalue weighted by Gasteiger charge is -2.16. The summed E-state index contributed by atoms with van der Waals surface area (Å²) in [5, 5.41) is 0. The van der Waals surface area contributed by atoms with Gasteiger partial charge in [-0.2, -0.15) is 0 Å². The summed E-state index contributed by atoms with van der Waals surface area (Å²) in [4.78, 5) is 0. The lowest BCUT2D eigenvalue weighted by Crippen LogP contribution is -2.21. The normalized spacial score (nSPS) is 29.9. The molecule has 1 saturated heterocycles. The van der Waals surface area contributed by atoms with Crippen molar-refractivity contribution in [3.8, 4) is 0 Å². The summed E-state index contributed by atoms with van der Waals surface area (Å²) in [6.07, 6.45) is 2.86. The predicted molar refractivity (Wildman–Crippen MR) is 44.5 cm³/mol. The van der Waals surface area contributed by atoms with E-state index in [9.17, 15) is 0 Å². The highest BCUT2D eigenvalue weighted by molar-refractivity contribution is 6.25. The van der Waals surface area contributed by atoms with Crippen LogP contribution in [0.4, 0.5) is 0 Å². The molecule has 0 N–H and O–H groups in total. The Morgan fingerprint density at radius 1 is 1.64 bits per heavy atom. The van der Waals surface area contributed by atoms with Gasteiger partial charge in [-0.05, 0) is 20.3 Å². The molecule has 0 aliphatic carbocycles. The molecule has 1 rings (SSSR count). The van der Waals surface area contributed by atoms with Gasteiger partial charge in [0, 0.05) is 5.54 Å². The van der Waals surface area contributed by atoms with Crippen LogP contribution in [0.25, 0.3) is 0 Å². The van der Waals surface area contributed by atoms with Gasteiger partial charge < -0.3 is 9.47 Å². The predicted octanol–water partition coefficient (Wildman–Crippen LogP) is 2.28. The molecule has 0 bridgehead atoms. The van der Waals surface area contributed by atoms with Crippen LogP contribution in [0.3, 0.4) is 0 Å². The van der Waals surface area contributed by atoms with Crippen LogP contribution in [-0.2, 0) is 9.47 Å². The van der Waals surface area contributed by atoms with Gasteiger partial charge in [-0.3, -0.25) is 0 Å². The van der Waals surface area contributed by atoms with Crippen LogP contribution in [0.5, 0.6) is 0 Å². The smallest absolute Gasteiger partial charge is 0.163 e. The van der Waals surface area contributed by atoms with Crippen molar-refractivity contribution in [2.24, 2.45) is 0 Å².